The summed E-state index contributed by atoms with van der Waals surface area (Å²) < 4.78 is 4.52. The van der Waals surface area contributed by atoms with E-state index in [-0.39, 0.29) is 30.9 Å². The number of nitro groups is 1. The highest BCUT2D eigenvalue weighted by atomic mass is 16.6. The number of carbonyl (C=O) groups excluding carboxylic acids is 2. The van der Waals surface area contributed by atoms with E-state index >= 15 is 0 Å². The molecule has 11 nitrogen and oxygen atoms in total. The fraction of sp³-hybridized carbons (Fsp3) is 0.261. The van der Waals surface area contributed by atoms with Crippen molar-refractivity contribution in [3.05, 3.63) is 69.8 Å². The summed E-state index contributed by atoms with van der Waals surface area (Å²) in [7, 11) is 1.18. The summed E-state index contributed by atoms with van der Waals surface area (Å²) in [6, 6.07) is 16.7. The van der Waals surface area contributed by atoms with Crippen LogP contribution in [0.25, 0.3) is 0 Å². The van der Waals surface area contributed by atoms with Crippen molar-refractivity contribution < 1.29 is 19.2 Å². The predicted molar refractivity (Wildman–Crippen MR) is 123 cm³/mol. The van der Waals surface area contributed by atoms with Crippen LogP contribution < -0.4 is 10.7 Å². The zero-order valence-corrected chi connectivity index (χ0v) is 18.4. The molecule has 2 aromatic carbocycles. The highest BCUT2D eigenvalue weighted by molar-refractivity contribution is 5.95. The van der Waals surface area contributed by atoms with Crippen molar-refractivity contribution in [2.45, 2.75) is 31.6 Å². The van der Waals surface area contributed by atoms with Crippen LogP contribution in [0.3, 0.4) is 0 Å². The number of methoxy groups -OCH3 is 1. The Morgan fingerprint density at radius 3 is 2.53 bits per heavy atom. The van der Waals surface area contributed by atoms with Gasteiger partial charge < -0.3 is 10.1 Å². The quantitative estimate of drug-likeness (QED) is 0.307. The summed E-state index contributed by atoms with van der Waals surface area (Å²) >= 11 is 0. The van der Waals surface area contributed by atoms with Gasteiger partial charge in [-0.2, -0.15) is 15.6 Å². The molecule has 2 N–H and O–H groups in total. The number of nitriles is 2. The van der Waals surface area contributed by atoms with Gasteiger partial charge in [0.15, 0.2) is 0 Å². The fourth-order valence-electron chi connectivity index (χ4n) is 3.04. The number of nitro benzene ring substituents is 1. The first kappa shape index (κ1) is 25.5. The Hall–Kier alpha value is -4.77. The van der Waals surface area contributed by atoms with Crippen LogP contribution in [-0.2, 0) is 16.0 Å². The Bertz CT molecular complexity index is 1150. The van der Waals surface area contributed by atoms with Crippen LogP contribution in [0.5, 0.6) is 0 Å². The van der Waals surface area contributed by atoms with Crippen molar-refractivity contribution >= 4 is 29.1 Å². The summed E-state index contributed by atoms with van der Waals surface area (Å²) in [5.74, 6) is -1.16. The smallest absolute Gasteiger partial charge is 0.427 e. The summed E-state index contributed by atoms with van der Waals surface area (Å²) in [4.78, 5) is 34.1. The van der Waals surface area contributed by atoms with Gasteiger partial charge in [-0.1, -0.05) is 30.3 Å². The van der Waals surface area contributed by atoms with Gasteiger partial charge in [-0.3, -0.25) is 14.9 Å². The van der Waals surface area contributed by atoms with Gasteiger partial charge in [0.1, 0.15) is 5.92 Å². The molecular formula is C23H22N6O5. The number of non-ortho nitro benzene ring substituents is 1. The molecule has 0 fully saturated rings. The van der Waals surface area contributed by atoms with E-state index in [2.05, 4.69) is 32.7 Å². The van der Waals surface area contributed by atoms with Crippen LogP contribution in [0, 0.1) is 32.8 Å². The Labute approximate surface area is 195 Å². The summed E-state index contributed by atoms with van der Waals surface area (Å²) in [6.45, 7) is 0. The lowest BCUT2D eigenvalue weighted by atomic mass is 9.91. The number of nitrogens with one attached hydrogen (secondary N) is 2. The van der Waals surface area contributed by atoms with Gasteiger partial charge in [-0.25, -0.2) is 10.2 Å². The third kappa shape index (κ3) is 7.73. The van der Waals surface area contributed by atoms with E-state index in [9.17, 15) is 25.0 Å². The third-order valence-electron chi connectivity index (χ3n) is 4.71. The lowest BCUT2D eigenvalue weighted by molar-refractivity contribution is -0.384. The molecule has 34 heavy (non-hydrogen) atoms. The Morgan fingerprint density at radius 1 is 1.18 bits per heavy atom. The molecule has 2 aromatic rings. The number of ether oxygens (including phenoxy) is 1. The van der Waals surface area contributed by atoms with Crippen molar-refractivity contribution in [3.8, 4) is 12.1 Å². The Balaban J connectivity index is 2.08. The van der Waals surface area contributed by atoms with Crippen LogP contribution in [0.2, 0.25) is 0 Å². The first-order valence-corrected chi connectivity index (χ1v) is 10.2. The van der Waals surface area contributed by atoms with Gasteiger partial charge in [0.2, 0.25) is 5.91 Å². The molecule has 0 saturated carbocycles. The van der Waals surface area contributed by atoms with Crippen molar-refractivity contribution in [1.82, 2.24) is 5.43 Å². The molecule has 0 saturated heterocycles. The van der Waals surface area contributed by atoms with Crippen LogP contribution in [0.4, 0.5) is 16.2 Å². The van der Waals surface area contributed by atoms with Crippen LogP contribution in [0.15, 0.2) is 53.6 Å². The number of anilines is 1. The second kappa shape index (κ2) is 12.9. The first-order chi connectivity index (χ1) is 16.4. The standard InChI is InChI=1S/C23H22N6O5/c1-34-23(31)28-27-21(20(15-25)17-10-8-16(9-11-17)12-13-24)6-3-7-22(30)26-18-4-2-5-19(14-18)29(32)33/h2,4-5,8-11,14,20H,3,6-7,12H2,1H3,(H,26,30)(H,28,31)/b27-21-/t20-/m1/s1. The molecule has 0 bridgehead atoms. The van der Waals surface area contributed by atoms with Crippen molar-refractivity contribution in [1.29, 1.82) is 10.5 Å². The number of nitrogens with zero attached hydrogens (tertiary/aromatic N) is 4. The summed E-state index contributed by atoms with van der Waals surface area (Å²) in [5, 5.41) is 36.1. The van der Waals surface area contributed by atoms with E-state index in [1.807, 2.05) is 0 Å². The molecule has 0 radical (unpaired) electrons. The molecule has 174 valence electrons. The van der Waals surface area contributed by atoms with Gasteiger partial charge in [-0.15, -0.1) is 0 Å². The molecular weight excluding hydrogens is 440 g/mol. The van der Waals surface area contributed by atoms with Crippen molar-refractivity contribution in [2.75, 3.05) is 12.4 Å². The largest absolute Gasteiger partial charge is 0.452 e. The van der Waals surface area contributed by atoms with Crippen molar-refractivity contribution in [2.24, 2.45) is 5.10 Å². The minimum Gasteiger partial charge on any atom is -0.452 e. The SMILES string of the molecule is COC(=O)N/N=C(/CCCC(=O)Nc1cccc([N+](=O)[O-])c1)[C@H](C#N)c1ccc(CC#N)cc1. The first-order valence-electron chi connectivity index (χ1n) is 10.2. The molecule has 0 unspecified atom stereocenters. The number of hydrazone groups is 1. The van der Waals surface area contributed by atoms with E-state index in [0.717, 1.165) is 5.56 Å². The van der Waals surface area contributed by atoms with Gasteiger partial charge in [-0.05, 0) is 30.0 Å². The minimum atomic E-state index is -0.804. The zero-order valence-electron chi connectivity index (χ0n) is 18.4. The topological polar surface area (TPSA) is 171 Å². The van der Waals surface area contributed by atoms with Crippen LogP contribution in [0.1, 0.15) is 36.3 Å². The van der Waals surface area contributed by atoms with E-state index < -0.39 is 16.9 Å². The van der Waals surface area contributed by atoms with Gasteiger partial charge >= 0.3 is 6.09 Å². The van der Waals surface area contributed by atoms with Gasteiger partial charge in [0, 0.05) is 24.2 Å². The van der Waals surface area contributed by atoms with E-state index in [0.29, 0.717) is 23.4 Å². The minimum absolute atomic E-state index is 0.0548. The van der Waals surface area contributed by atoms with Crippen molar-refractivity contribution in [3.63, 3.8) is 0 Å². The maximum absolute atomic E-state index is 12.3. The maximum atomic E-state index is 12.3. The molecule has 1 atom stereocenters. The maximum Gasteiger partial charge on any atom is 0.427 e. The summed E-state index contributed by atoms with van der Waals surface area (Å²) in [5.41, 5.74) is 4.11. The number of rotatable bonds is 10. The Kier molecular flexibility index (Phi) is 9.70. The van der Waals surface area contributed by atoms with E-state index in [4.69, 9.17) is 5.26 Å². The number of benzene rings is 2. The number of hydrogen-bond donors (Lipinski definition) is 2. The second-order valence-electron chi connectivity index (χ2n) is 7.05. The second-order valence-corrected chi connectivity index (χ2v) is 7.05. The average molecular weight is 462 g/mol. The lowest BCUT2D eigenvalue weighted by Crippen LogP contribution is -2.22. The third-order valence-corrected chi connectivity index (χ3v) is 4.71. The molecule has 0 aromatic heterocycles. The van der Waals surface area contributed by atoms with E-state index in [1.165, 1.54) is 25.3 Å². The molecule has 0 aliphatic carbocycles. The molecule has 0 spiro atoms. The van der Waals surface area contributed by atoms with E-state index in [1.54, 1.807) is 30.3 Å². The molecule has 2 amide bonds. The number of amides is 2. The number of hydrogen-bond acceptors (Lipinski definition) is 8. The zero-order chi connectivity index (χ0) is 24.9. The highest BCUT2D eigenvalue weighted by Gasteiger charge is 2.19. The fourth-order valence-corrected chi connectivity index (χ4v) is 3.04. The van der Waals surface area contributed by atoms with Crippen LogP contribution in [-0.4, -0.2) is 29.7 Å². The molecule has 0 aliphatic heterocycles. The molecule has 11 heteroatoms. The average Bonchev–Trinajstić information content (AvgIpc) is 2.83. The lowest BCUT2D eigenvalue weighted by Gasteiger charge is -2.14. The molecule has 0 heterocycles. The van der Waals surface area contributed by atoms with Crippen LogP contribution >= 0.6 is 0 Å². The molecule has 0 aliphatic rings. The van der Waals surface area contributed by atoms with Gasteiger partial charge in [0.05, 0.1) is 36.3 Å². The Morgan fingerprint density at radius 2 is 1.91 bits per heavy atom. The normalized spacial score (nSPS) is 11.4. The predicted octanol–water partition coefficient (Wildman–Crippen LogP) is 3.79. The summed E-state index contributed by atoms with van der Waals surface area (Å²) in [6.07, 6.45) is 0.000722. The highest BCUT2D eigenvalue weighted by Crippen LogP contribution is 2.22. The number of carbonyl (C=O) groups is 2. The monoisotopic (exact) mass is 462 g/mol. The molecule has 2 rings (SSSR count). The van der Waals surface area contributed by atoms with Gasteiger partial charge in [0.25, 0.3) is 5.69 Å².